The summed E-state index contributed by atoms with van der Waals surface area (Å²) >= 11 is 6.34. The largest absolute Gasteiger partial charge is 0.496 e. The van der Waals surface area contributed by atoms with Crippen LogP contribution in [0.2, 0.25) is 0 Å². The molecule has 0 fully saturated rings. The van der Waals surface area contributed by atoms with Crippen molar-refractivity contribution in [2.24, 2.45) is 0 Å². The van der Waals surface area contributed by atoms with Gasteiger partial charge in [0.2, 0.25) is 0 Å². The van der Waals surface area contributed by atoms with E-state index >= 15 is 0 Å². The van der Waals surface area contributed by atoms with Gasteiger partial charge in [-0.1, -0.05) is 23.5 Å². The Bertz CT molecular complexity index is 1020. The molecule has 2 N–H and O–H groups in total. The van der Waals surface area contributed by atoms with E-state index in [4.69, 9.17) is 17.0 Å². The van der Waals surface area contributed by atoms with Crippen molar-refractivity contribution in [2.75, 3.05) is 12.4 Å². The number of hydrogen-bond acceptors (Lipinski definition) is 7. The fourth-order valence-corrected chi connectivity index (χ4v) is 3.37. The molecule has 0 bridgehead atoms. The molecule has 0 atom stereocenters. The molecule has 10 heteroatoms. The van der Waals surface area contributed by atoms with Crippen molar-refractivity contribution in [1.29, 1.82) is 0 Å². The predicted molar refractivity (Wildman–Crippen MR) is 103 cm³/mol. The molecular weight excluding hydrogens is 376 g/mol. The van der Waals surface area contributed by atoms with Crippen LogP contribution in [0.25, 0.3) is 10.2 Å². The summed E-state index contributed by atoms with van der Waals surface area (Å²) in [5.74, 6) is 0.0109. The molecule has 0 spiro atoms. The maximum atomic E-state index is 12.3. The zero-order chi connectivity index (χ0) is 18.7. The van der Waals surface area contributed by atoms with Crippen LogP contribution in [-0.4, -0.2) is 28.0 Å². The molecule has 8 nitrogen and oxygen atoms in total. The number of para-hydroxylation sites is 1. The monoisotopic (exact) mass is 388 g/mol. The van der Waals surface area contributed by atoms with E-state index in [0.29, 0.717) is 26.7 Å². The Kier molecular flexibility index (Phi) is 5.05. The van der Waals surface area contributed by atoms with Gasteiger partial charge >= 0.3 is 0 Å². The van der Waals surface area contributed by atoms with Crippen molar-refractivity contribution >= 4 is 55.6 Å². The molecule has 3 aromatic rings. The third-order valence-electron chi connectivity index (χ3n) is 3.38. The average Bonchev–Trinajstić information content (AvgIpc) is 3.02. The molecule has 1 amide bonds. The number of thiazole rings is 1. The molecule has 0 saturated heterocycles. The normalized spacial score (nSPS) is 10.3. The lowest BCUT2D eigenvalue weighted by Crippen LogP contribution is -2.34. The number of hydrogen-bond donors (Lipinski definition) is 2. The minimum Gasteiger partial charge on any atom is -0.496 e. The fraction of sp³-hybridized carbons (Fsp3) is 0.0625. The standard InChI is InChI=1S/C16H12N4O4S2/c1-24-12-5-3-2-4-10(12)14(21)18-15(25)19-16-17-11-7-6-9(20(22)23)8-13(11)26-16/h2-8H,1H3,(H2,17,18,19,21,25). The molecule has 0 aliphatic rings. The molecule has 1 heterocycles. The second kappa shape index (κ2) is 7.42. The minimum absolute atomic E-state index is 0.0141. The Balaban J connectivity index is 1.72. The number of nitro groups is 1. The lowest BCUT2D eigenvalue weighted by atomic mass is 10.2. The highest BCUT2D eigenvalue weighted by atomic mass is 32.1. The van der Waals surface area contributed by atoms with Crippen LogP contribution in [0.5, 0.6) is 5.75 Å². The molecule has 132 valence electrons. The van der Waals surface area contributed by atoms with Gasteiger partial charge in [0.05, 0.1) is 27.8 Å². The average molecular weight is 388 g/mol. The highest BCUT2D eigenvalue weighted by Crippen LogP contribution is 2.29. The van der Waals surface area contributed by atoms with Gasteiger partial charge in [-0.3, -0.25) is 20.2 Å². The number of amides is 1. The summed E-state index contributed by atoms with van der Waals surface area (Å²) in [5.41, 5.74) is 0.931. The van der Waals surface area contributed by atoms with Gasteiger partial charge in [-0.15, -0.1) is 0 Å². The van der Waals surface area contributed by atoms with E-state index in [1.165, 1.54) is 30.6 Å². The van der Waals surface area contributed by atoms with Crippen molar-refractivity contribution < 1.29 is 14.5 Å². The van der Waals surface area contributed by atoms with Crippen LogP contribution in [0.1, 0.15) is 10.4 Å². The maximum absolute atomic E-state index is 12.3. The van der Waals surface area contributed by atoms with Crippen molar-refractivity contribution in [2.45, 2.75) is 0 Å². The molecular formula is C16H12N4O4S2. The lowest BCUT2D eigenvalue weighted by molar-refractivity contribution is -0.384. The first-order chi connectivity index (χ1) is 12.5. The van der Waals surface area contributed by atoms with Crippen LogP contribution in [-0.2, 0) is 0 Å². The Morgan fingerprint density at radius 3 is 2.81 bits per heavy atom. The van der Waals surface area contributed by atoms with Gasteiger partial charge in [-0.05, 0) is 30.4 Å². The number of aromatic nitrogens is 1. The SMILES string of the molecule is COc1ccccc1C(=O)NC(=S)Nc1nc2ccc([N+](=O)[O-])cc2s1. The van der Waals surface area contributed by atoms with Gasteiger partial charge in [0, 0.05) is 12.1 Å². The van der Waals surface area contributed by atoms with E-state index in [1.54, 1.807) is 30.3 Å². The molecule has 0 radical (unpaired) electrons. The number of methoxy groups -OCH3 is 1. The maximum Gasteiger partial charge on any atom is 0.270 e. The first kappa shape index (κ1) is 17.7. The van der Waals surface area contributed by atoms with E-state index in [0.717, 1.165) is 0 Å². The number of carbonyl (C=O) groups is 1. The van der Waals surface area contributed by atoms with E-state index in [-0.39, 0.29) is 10.8 Å². The summed E-state index contributed by atoms with van der Waals surface area (Å²) in [6.07, 6.45) is 0. The zero-order valence-electron chi connectivity index (χ0n) is 13.4. The first-order valence-electron chi connectivity index (χ1n) is 7.28. The number of benzene rings is 2. The number of ether oxygens (including phenoxy) is 1. The van der Waals surface area contributed by atoms with Crippen molar-refractivity contribution in [1.82, 2.24) is 10.3 Å². The third-order valence-corrected chi connectivity index (χ3v) is 4.52. The summed E-state index contributed by atoms with van der Waals surface area (Å²) < 4.78 is 5.79. The molecule has 3 rings (SSSR count). The highest BCUT2D eigenvalue weighted by molar-refractivity contribution is 7.80. The topological polar surface area (TPSA) is 106 Å². The van der Waals surface area contributed by atoms with E-state index in [1.807, 2.05) is 0 Å². The van der Waals surface area contributed by atoms with Crippen LogP contribution in [0.4, 0.5) is 10.8 Å². The van der Waals surface area contributed by atoms with Gasteiger partial charge in [0.25, 0.3) is 11.6 Å². The number of rotatable bonds is 4. The van der Waals surface area contributed by atoms with E-state index in [2.05, 4.69) is 15.6 Å². The Morgan fingerprint density at radius 2 is 2.08 bits per heavy atom. The number of non-ortho nitro benzene ring substituents is 1. The quantitative estimate of drug-likeness (QED) is 0.401. The predicted octanol–water partition coefficient (Wildman–Crippen LogP) is 3.34. The number of nitrogens with zero attached hydrogens (tertiary/aromatic N) is 2. The Hall–Kier alpha value is -3.11. The van der Waals surface area contributed by atoms with Crippen LogP contribution < -0.4 is 15.4 Å². The van der Waals surface area contributed by atoms with Crippen LogP contribution in [0, 0.1) is 10.1 Å². The second-order valence-electron chi connectivity index (χ2n) is 5.04. The molecule has 0 unspecified atom stereocenters. The Labute approximate surface area is 157 Å². The minimum atomic E-state index is -0.468. The molecule has 2 aromatic carbocycles. The smallest absolute Gasteiger partial charge is 0.270 e. The van der Waals surface area contributed by atoms with Crippen molar-refractivity contribution in [3.8, 4) is 5.75 Å². The van der Waals surface area contributed by atoms with Crippen molar-refractivity contribution in [3.63, 3.8) is 0 Å². The number of fused-ring (bicyclic) bond motifs is 1. The summed E-state index contributed by atoms with van der Waals surface area (Å²) in [4.78, 5) is 27.0. The van der Waals surface area contributed by atoms with Crippen molar-refractivity contribution in [3.05, 3.63) is 58.1 Å². The Morgan fingerprint density at radius 1 is 1.31 bits per heavy atom. The van der Waals surface area contributed by atoms with Crippen LogP contribution in [0.3, 0.4) is 0 Å². The number of anilines is 1. The highest BCUT2D eigenvalue weighted by Gasteiger charge is 2.15. The lowest BCUT2D eigenvalue weighted by Gasteiger charge is -2.09. The number of nitro benzene ring substituents is 1. The van der Waals surface area contributed by atoms with E-state index < -0.39 is 10.8 Å². The van der Waals surface area contributed by atoms with Crippen LogP contribution >= 0.6 is 23.6 Å². The number of nitrogens with one attached hydrogen (secondary N) is 2. The second-order valence-corrected chi connectivity index (χ2v) is 6.48. The summed E-state index contributed by atoms with van der Waals surface area (Å²) in [7, 11) is 1.48. The first-order valence-corrected chi connectivity index (χ1v) is 8.50. The molecule has 0 aliphatic carbocycles. The molecule has 1 aromatic heterocycles. The van der Waals surface area contributed by atoms with Gasteiger partial charge in [0.15, 0.2) is 10.2 Å². The zero-order valence-corrected chi connectivity index (χ0v) is 15.0. The summed E-state index contributed by atoms with van der Waals surface area (Å²) in [6.45, 7) is 0. The van der Waals surface area contributed by atoms with Gasteiger partial charge in [-0.2, -0.15) is 0 Å². The van der Waals surface area contributed by atoms with Gasteiger partial charge < -0.3 is 10.1 Å². The number of carbonyl (C=O) groups excluding carboxylic acids is 1. The van der Waals surface area contributed by atoms with E-state index in [9.17, 15) is 14.9 Å². The third kappa shape index (κ3) is 3.76. The van der Waals surface area contributed by atoms with Gasteiger partial charge in [-0.25, -0.2) is 4.98 Å². The molecule has 0 saturated carbocycles. The summed E-state index contributed by atoms with van der Waals surface area (Å²) in [5, 5.41) is 16.7. The van der Waals surface area contributed by atoms with Crippen LogP contribution in [0.15, 0.2) is 42.5 Å². The number of thiocarbonyl (C=S) groups is 1. The fourth-order valence-electron chi connectivity index (χ4n) is 2.21. The molecule has 26 heavy (non-hydrogen) atoms. The van der Waals surface area contributed by atoms with Gasteiger partial charge in [0.1, 0.15) is 5.75 Å². The summed E-state index contributed by atoms with van der Waals surface area (Å²) in [6, 6.07) is 11.1. The molecule has 0 aliphatic heterocycles.